The van der Waals surface area contributed by atoms with Gasteiger partial charge in [0.1, 0.15) is 18.0 Å². The number of carboxylic acid groups (broad SMARTS) is 1. The molecule has 4 N–H and O–H groups in total. The van der Waals surface area contributed by atoms with E-state index in [1.54, 1.807) is 48.8 Å². The number of carbonyl (C=O) groups is 3. The fraction of sp³-hybridized carbons (Fsp3) is 0.160. The van der Waals surface area contributed by atoms with Crippen LogP contribution in [0.2, 0.25) is 0 Å². The van der Waals surface area contributed by atoms with Gasteiger partial charge in [-0.2, -0.15) is 20.0 Å². The molecule has 35 heavy (non-hydrogen) atoms. The highest BCUT2D eigenvalue weighted by Gasteiger charge is 2.46. The molecule has 0 bridgehead atoms. The smallest absolute Gasteiger partial charge is 0.481 e. The monoisotopic (exact) mass is 475 g/mol. The molecule has 4 rings (SSSR count). The number of nitrogens with zero attached hydrogens (tertiary/aromatic N) is 3. The number of aliphatic imine (C=N–C) groups is 1. The molecule has 2 heterocycles. The lowest BCUT2D eigenvalue weighted by Crippen LogP contribution is -3.32. The number of benzene rings is 2. The number of pyridine rings is 1. The number of carbonyl (C=O) groups excluding carboxylic acids is 2. The summed E-state index contributed by atoms with van der Waals surface area (Å²) in [6.07, 6.45) is 2.96. The van der Waals surface area contributed by atoms with Gasteiger partial charge in [0.25, 0.3) is 0 Å². The lowest BCUT2D eigenvalue weighted by Gasteiger charge is -2.26. The number of aryl methyl sites for hydroxylation is 1. The molecular weight excluding hydrogens is 450 g/mol. The van der Waals surface area contributed by atoms with Crippen LogP contribution in [-0.4, -0.2) is 45.5 Å². The van der Waals surface area contributed by atoms with Crippen LogP contribution in [0.3, 0.4) is 0 Å². The van der Waals surface area contributed by atoms with Crippen molar-refractivity contribution in [2.24, 2.45) is 4.99 Å². The molecule has 2 aromatic carbocycles. The van der Waals surface area contributed by atoms with Gasteiger partial charge in [-0.3, -0.25) is 9.78 Å². The van der Waals surface area contributed by atoms with E-state index in [1.165, 1.54) is 10.2 Å². The molecule has 4 amide bonds. The van der Waals surface area contributed by atoms with Crippen LogP contribution in [0.1, 0.15) is 17.5 Å². The van der Waals surface area contributed by atoms with Crippen molar-refractivity contribution in [1.29, 1.82) is 0 Å². The van der Waals surface area contributed by atoms with E-state index in [2.05, 4.69) is 9.98 Å². The Kier molecular flexibility index (Phi) is 7.24. The first-order chi connectivity index (χ1) is 16.9. The first-order valence-corrected chi connectivity index (χ1v) is 11.0. The first kappa shape index (κ1) is 23.7. The van der Waals surface area contributed by atoms with E-state index in [-0.39, 0.29) is 30.4 Å². The van der Waals surface area contributed by atoms with Crippen molar-refractivity contribution in [2.75, 3.05) is 6.54 Å². The Morgan fingerprint density at radius 1 is 1.03 bits per heavy atom. The van der Waals surface area contributed by atoms with E-state index < -0.39 is 18.0 Å². The van der Waals surface area contributed by atoms with E-state index in [9.17, 15) is 14.4 Å². The van der Waals surface area contributed by atoms with Crippen molar-refractivity contribution in [3.05, 3.63) is 84.2 Å². The summed E-state index contributed by atoms with van der Waals surface area (Å²) in [6, 6.07) is 17.0. The molecule has 0 radical (unpaired) electrons. The zero-order valence-electron chi connectivity index (χ0n) is 19.0. The number of hydrogen-bond acceptors (Lipinski definition) is 6. The Bertz CT molecular complexity index is 1240. The summed E-state index contributed by atoms with van der Waals surface area (Å²) in [5.74, 6) is 0.365. The molecule has 1 fully saturated rings. The van der Waals surface area contributed by atoms with Crippen molar-refractivity contribution >= 4 is 29.7 Å². The number of quaternary nitrogens is 2. The fourth-order valence-electron chi connectivity index (χ4n) is 3.50. The van der Waals surface area contributed by atoms with Gasteiger partial charge >= 0.3 is 24.0 Å². The van der Waals surface area contributed by atoms with E-state index in [1.807, 2.05) is 31.2 Å². The molecule has 1 aromatic heterocycles. The molecule has 10 heteroatoms. The number of aliphatic carboxylic acids is 1. The number of aromatic nitrogens is 1. The van der Waals surface area contributed by atoms with Gasteiger partial charge in [-0.1, -0.05) is 29.8 Å². The number of guanidine groups is 1. The Morgan fingerprint density at radius 3 is 2.34 bits per heavy atom. The SMILES string of the molecule is Cc1ccc(CN2C(=O)[NH+](CCC(=O)O)C(=O)[NH2+]C2=Nc2ccc(Oc3ccncc3)cc2)cc1. The summed E-state index contributed by atoms with van der Waals surface area (Å²) in [7, 11) is 0. The number of nitrogens with one attached hydrogen (secondary N) is 1. The van der Waals surface area contributed by atoms with E-state index in [0.29, 0.717) is 17.2 Å². The van der Waals surface area contributed by atoms with Crippen molar-refractivity contribution in [3.63, 3.8) is 0 Å². The maximum atomic E-state index is 13.2. The van der Waals surface area contributed by atoms with E-state index in [4.69, 9.17) is 9.84 Å². The maximum absolute atomic E-state index is 13.2. The van der Waals surface area contributed by atoms with Gasteiger partial charge in [0, 0.05) is 12.4 Å². The van der Waals surface area contributed by atoms with Crippen molar-refractivity contribution in [1.82, 2.24) is 9.88 Å². The predicted molar refractivity (Wildman–Crippen MR) is 125 cm³/mol. The number of nitrogens with two attached hydrogens (primary N) is 1. The quantitative estimate of drug-likeness (QED) is 0.456. The van der Waals surface area contributed by atoms with Gasteiger partial charge in [-0.15, -0.1) is 4.90 Å². The molecule has 1 aliphatic rings. The highest BCUT2D eigenvalue weighted by Crippen LogP contribution is 2.23. The van der Waals surface area contributed by atoms with Gasteiger partial charge < -0.3 is 9.84 Å². The number of imide groups is 1. The molecule has 0 saturated carbocycles. The second-order valence-electron chi connectivity index (χ2n) is 8.01. The average molecular weight is 476 g/mol. The van der Waals surface area contributed by atoms with Crippen LogP contribution in [0.15, 0.2) is 78.0 Å². The fourth-order valence-corrected chi connectivity index (χ4v) is 3.50. The standard InChI is InChI=1S/C25H23N5O5/c1-17-2-4-18(5-3-17)16-30-23(28-24(33)29(25(30)34)15-12-22(31)32)27-19-6-8-20(9-7-19)35-21-10-13-26-14-11-21/h2-11,13-14H,12,15-16H2,1H3,(H,31,32)(H,27,28,33)/p+2. The molecule has 1 saturated heterocycles. The minimum absolute atomic E-state index is 0.0560. The molecule has 1 unspecified atom stereocenters. The molecular formula is C25H25N5O5+2. The predicted octanol–water partition coefficient (Wildman–Crippen LogP) is 1.85. The van der Waals surface area contributed by atoms with Crippen molar-refractivity contribution in [2.45, 2.75) is 19.9 Å². The van der Waals surface area contributed by atoms with Crippen LogP contribution >= 0.6 is 0 Å². The van der Waals surface area contributed by atoms with Gasteiger partial charge in [-0.05, 0) is 48.9 Å². The lowest BCUT2D eigenvalue weighted by atomic mass is 10.1. The molecule has 10 nitrogen and oxygen atoms in total. The number of ether oxygens (including phenoxy) is 1. The highest BCUT2D eigenvalue weighted by molar-refractivity contribution is 5.97. The summed E-state index contributed by atoms with van der Waals surface area (Å²) in [6.45, 7) is 2.03. The largest absolute Gasteiger partial charge is 0.526 e. The van der Waals surface area contributed by atoms with Crippen LogP contribution in [0, 0.1) is 6.92 Å². The average Bonchev–Trinajstić information content (AvgIpc) is 2.84. The number of primary amides is 1. The highest BCUT2D eigenvalue weighted by atomic mass is 16.5. The normalized spacial score (nSPS) is 17.0. The van der Waals surface area contributed by atoms with Crippen LogP contribution in [0.25, 0.3) is 0 Å². The van der Waals surface area contributed by atoms with E-state index >= 15 is 0 Å². The number of rotatable bonds is 8. The summed E-state index contributed by atoms with van der Waals surface area (Å²) in [5, 5.41) is 10.3. The molecule has 178 valence electrons. The third-order valence-electron chi connectivity index (χ3n) is 5.35. The minimum Gasteiger partial charge on any atom is -0.481 e. The number of carboxylic acids is 1. The second kappa shape index (κ2) is 10.7. The Hall–Kier alpha value is -4.41. The van der Waals surface area contributed by atoms with Gasteiger partial charge in [0.15, 0.2) is 0 Å². The molecule has 0 aliphatic carbocycles. The summed E-state index contributed by atoms with van der Waals surface area (Å²) in [5.41, 5.74) is 2.47. The van der Waals surface area contributed by atoms with Gasteiger partial charge in [0.05, 0.1) is 18.7 Å². The summed E-state index contributed by atoms with van der Waals surface area (Å²) >= 11 is 0. The van der Waals surface area contributed by atoms with Crippen LogP contribution in [0.5, 0.6) is 11.5 Å². The Balaban J connectivity index is 1.58. The van der Waals surface area contributed by atoms with Crippen LogP contribution < -0.4 is 15.0 Å². The molecule has 1 aliphatic heterocycles. The minimum atomic E-state index is -1.07. The maximum Gasteiger partial charge on any atom is 0.526 e. The third-order valence-corrected chi connectivity index (χ3v) is 5.35. The Labute approximate surface area is 201 Å². The zero-order valence-corrected chi connectivity index (χ0v) is 19.0. The van der Waals surface area contributed by atoms with Gasteiger partial charge in [0.2, 0.25) is 0 Å². The molecule has 1 atom stereocenters. The van der Waals surface area contributed by atoms with Crippen molar-refractivity contribution in [3.8, 4) is 11.5 Å². The second-order valence-corrected chi connectivity index (χ2v) is 8.01. The van der Waals surface area contributed by atoms with Gasteiger partial charge in [-0.25, -0.2) is 4.79 Å². The lowest BCUT2D eigenvalue weighted by molar-refractivity contribution is -0.796. The summed E-state index contributed by atoms with van der Waals surface area (Å²) in [4.78, 5) is 46.8. The molecule has 0 spiro atoms. The van der Waals surface area contributed by atoms with Crippen LogP contribution in [-0.2, 0) is 11.3 Å². The molecule has 3 aromatic rings. The zero-order chi connectivity index (χ0) is 24.8. The number of amides is 4. The summed E-state index contributed by atoms with van der Waals surface area (Å²) < 4.78 is 5.76. The van der Waals surface area contributed by atoms with Crippen molar-refractivity contribution < 1.29 is 34.4 Å². The Morgan fingerprint density at radius 2 is 1.69 bits per heavy atom. The topological polar surface area (TPSA) is 130 Å². The van der Waals surface area contributed by atoms with Crippen LogP contribution in [0.4, 0.5) is 15.3 Å². The first-order valence-electron chi connectivity index (χ1n) is 11.0. The third kappa shape index (κ3) is 6.14. The van der Waals surface area contributed by atoms with E-state index in [0.717, 1.165) is 11.1 Å². The number of urea groups is 2. The number of hydrogen-bond donors (Lipinski definition) is 3.